The summed E-state index contributed by atoms with van der Waals surface area (Å²) in [5.41, 5.74) is 11.5. The van der Waals surface area contributed by atoms with Gasteiger partial charge < -0.3 is 11.1 Å². The molecule has 3 N–H and O–H groups in total. The second-order valence-corrected chi connectivity index (χ2v) is 5.36. The van der Waals surface area contributed by atoms with Gasteiger partial charge in [0.2, 0.25) is 0 Å². The van der Waals surface area contributed by atoms with Crippen molar-refractivity contribution in [3.8, 4) is 0 Å². The van der Waals surface area contributed by atoms with Crippen LogP contribution in [0.4, 0.5) is 5.69 Å². The predicted octanol–water partition coefficient (Wildman–Crippen LogP) is 2.84. The average molecular weight is 216 g/mol. The summed E-state index contributed by atoms with van der Waals surface area (Å²) in [6.07, 6.45) is 6.65. The van der Waals surface area contributed by atoms with Crippen LogP contribution in [0.15, 0.2) is 12.1 Å². The van der Waals surface area contributed by atoms with Crippen molar-refractivity contribution in [1.82, 2.24) is 5.32 Å². The zero-order valence-electron chi connectivity index (χ0n) is 9.97. The van der Waals surface area contributed by atoms with Gasteiger partial charge in [0.25, 0.3) is 0 Å². The topological polar surface area (TPSA) is 38.0 Å². The molecular formula is C14H20N2. The molecule has 2 nitrogen and oxygen atoms in total. The van der Waals surface area contributed by atoms with Crippen molar-refractivity contribution in [2.75, 3.05) is 5.73 Å². The minimum atomic E-state index is 0.258. The number of hydrogen-bond acceptors (Lipinski definition) is 2. The van der Waals surface area contributed by atoms with Crippen LogP contribution < -0.4 is 11.1 Å². The van der Waals surface area contributed by atoms with Gasteiger partial charge in [0.05, 0.1) is 0 Å². The van der Waals surface area contributed by atoms with Gasteiger partial charge in [-0.2, -0.15) is 0 Å². The van der Waals surface area contributed by atoms with Gasteiger partial charge in [-0.1, -0.05) is 19.3 Å². The molecule has 0 unspecified atom stereocenters. The molecule has 0 amide bonds. The van der Waals surface area contributed by atoms with Crippen LogP contribution >= 0.6 is 0 Å². The number of aryl methyl sites for hydroxylation is 1. The summed E-state index contributed by atoms with van der Waals surface area (Å²) in [6.45, 7) is 3.21. The highest BCUT2D eigenvalue weighted by molar-refractivity contribution is 5.53. The Kier molecular flexibility index (Phi) is 2.21. The minimum Gasteiger partial charge on any atom is -0.399 e. The molecule has 1 saturated carbocycles. The molecule has 1 heterocycles. The van der Waals surface area contributed by atoms with Crippen LogP contribution in [-0.2, 0) is 12.1 Å². The number of anilines is 1. The second-order valence-electron chi connectivity index (χ2n) is 5.36. The van der Waals surface area contributed by atoms with Gasteiger partial charge in [0, 0.05) is 17.8 Å². The number of benzene rings is 1. The van der Waals surface area contributed by atoms with E-state index < -0.39 is 0 Å². The van der Waals surface area contributed by atoms with Crippen molar-refractivity contribution in [1.29, 1.82) is 0 Å². The van der Waals surface area contributed by atoms with Crippen molar-refractivity contribution in [3.63, 3.8) is 0 Å². The van der Waals surface area contributed by atoms with Gasteiger partial charge in [0.1, 0.15) is 0 Å². The lowest BCUT2D eigenvalue weighted by atomic mass is 9.77. The van der Waals surface area contributed by atoms with Crippen molar-refractivity contribution < 1.29 is 0 Å². The van der Waals surface area contributed by atoms with Gasteiger partial charge in [-0.25, -0.2) is 0 Å². The van der Waals surface area contributed by atoms with Gasteiger partial charge >= 0.3 is 0 Å². The number of fused-ring (bicyclic) bond motifs is 2. The molecule has 2 aliphatic rings. The normalized spacial score (nSPS) is 22.3. The number of nitrogens with two attached hydrogens (primary N) is 1. The first kappa shape index (κ1) is 10.2. The Morgan fingerprint density at radius 1 is 1.19 bits per heavy atom. The molecule has 1 aliphatic heterocycles. The summed E-state index contributed by atoms with van der Waals surface area (Å²) < 4.78 is 0. The lowest BCUT2D eigenvalue weighted by Crippen LogP contribution is -2.38. The second kappa shape index (κ2) is 3.49. The molecule has 1 aromatic rings. The molecule has 3 rings (SSSR count). The van der Waals surface area contributed by atoms with Crippen molar-refractivity contribution in [2.45, 2.75) is 51.1 Å². The third-order valence-corrected chi connectivity index (χ3v) is 4.32. The maximum absolute atomic E-state index is 5.99. The Hall–Kier alpha value is -1.02. The summed E-state index contributed by atoms with van der Waals surface area (Å²) in [4.78, 5) is 0. The molecule has 1 aromatic carbocycles. The lowest BCUT2D eigenvalue weighted by molar-refractivity contribution is 0.252. The Morgan fingerprint density at radius 2 is 1.94 bits per heavy atom. The van der Waals surface area contributed by atoms with Crippen LogP contribution in [0, 0.1) is 6.92 Å². The zero-order chi connectivity index (χ0) is 11.2. The summed E-state index contributed by atoms with van der Waals surface area (Å²) in [6, 6.07) is 4.30. The highest BCUT2D eigenvalue weighted by Crippen LogP contribution is 2.44. The van der Waals surface area contributed by atoms with E-state index in [-0.39, 0.29) is 5.54 Å². The molecule has 0 atom stereocenters. The summed E-state index contributed by atoms with van der Waals surface area (Å²) in [7, 11) is 0. The first-order valence-corrected chi connectivity index (χ1v) is 6.36. The van der Waals surface area contributed by atoms with Gasteiger partial charge in [-0.05, 0) is 48.6 Å². The van der Waals surface area contributed by atoms with E-state index in [1.807, 2.05) is 0 Å². The summed E-state index contributed by atoms with van der Waals surface area (Å²) >= 11 is 0. The molecule has 0 bridgehead atoms. The highest BCUT2D eigenvalue weighted by atomic mass is 15.0. The van der Waals surface area contributed by atoms with E-state index in [1.165, 1.54) is 48.8 Å². The Morgan fingerprint density at radius 3 is 2.69 bits per heavy atom. The van der Waals surface area contributed by atoms with Crippen LogP contribution in [-0.4, -0.2) is 0 Å². The molecule has 1 fully saturated rings. The molecule has 0 saturated heterocycles. The molecule has 1 aliphatic carbocycles. The van der Waals surface area contributed by atoms with E-state index in [0.717, 1.165) is 12.2 Å². The van der Waals surface area contributed by atoms with Crippen LogP contribution in [0.2, 0.25) is 0 Å². The standard InChI is InChI=1S/C14H20N2/c1-10-7-11(15)8-13-12(10)9-16-14(13)5-3-2-4-6-14/h7-8,16H,2-6,9,15H2,1H3. The molecule has 0 radical (unpaired) electrons. The van der Waals surface area contributed by atoms with Gasteiger partial charge in [-0.15, -0.1) is 0 Å². The molecule has 2 heteroatoms. The van der Waals surface area contributed by atoms with Gasteiger partial charge in [0.15, 0.2) is 0 Å². The molecule has 0 aromatic heterocycles. The van der Waals surface area contributed by atoms with Gasteiger partial charge in [-0.3, -0.25) is 0 Å². The largest absolute Gasteiger partial charge is 0.399 e. The minimum absolute atomic E-state index is 0.258. The molecule has 1 spiro atoms. The lowest BCUT2D eigenvalue weighted by Gasteiger charge is -2.35. The van der Waals surface area contributed by atoms with E-state index in [2.05, 4.69) is 24.4 Å². The zero-order valence-corrected chi connectivity index (χ0v) is 9.97. The predicted molar refractivity (Wildman–Crippen MR) is 67.2 cm³/mol. The molecule has 86 valence electrons. The average Bonchev–Trinajstić information content (AvgIpc) is 2.59. The van der Waals surface area contributed by atoms with E-state index >= 15 is 0 Å². The Labute approximate surface area is 97.2 Å². The van der Waals surface area contributed by atoms with Crippen molar-refractivity contribution >= 4 is 5.69 Å². The quantitative estimate of drug-likeness (QED) is 0.654. The maximum Gasteiger partial charge on any atom is 0.0441 e. The van der Waals surface area contributed by atoms with E-state index in [9.17, 15) is 0 Å². The third-order valence-electron chi connectivity index (χ3n) is 4.32. The summed E-state index contributed by atoms with van der Waals surface area (Å²) in [5, 5.41) is 3.75. The first-order chi connectivity index (χ1) is 7.71. The fourth-order valence-corrected chi connectivity index (χ4v) is 3.46. The van der Waals surface area contributed by atoms with Crippen molar-refractivity contribution in [2.24, 2.45) is 0 Å². The molecule has 16 heavy (non-hydrogen) atoms. The fraction of sp³-hybridized carbons (Fsp3) is 0.571. The smallest absolute Gasteiger partial charge is 0.0441 e. The van der Waals surface area contributed by atoms with Crippen LogP contribution in [0.3, 0.4) is 0 Å². The monoisotopic (exact) mass is 216 g/mol. The van der Waals surface area contributed by atoms with Crippen LogP contribution in [0.1, 0.15) is 48.8 Å². The summed E-state index contributed by atoms with van der Waals surface area (Å²) in [5.74, 6) is 0. The SMILES string of the molecule is Cc1cc(N)cc2c1CNC21CCCCC1. The first-order valence-electron chi connectivity index (χ1n) is 6.36. The van der Waals surface area contributed by atoms with E-state index in [1.54, 1.807) is 0 Å². The molecular weight excluding hydrogens is 196 g/mol. The third kappa shape index (κ3) is 1.36. The van der Waals surface area contributed by atoms with E-state index in [0.29, 0.717) is 0 Å². The number of nitrogen functional groups attached to an aromatic ring is 1. The Balaban J connectivity index is 2.10. The van der Waals surface area contributed by atoms with Crippen LogP contribution in [0.5, 0.6) is 0 Å². The van der Waals surface area contributed by atoms with Crippen LogP contribution in [0.25, 0.3) is 0 Å². The Bertz CT molecular complexity index is 417. The number of hydrogen-bond donors (Lipinski definition) is 2. The highest BCUT2D eigenvalue weighted by Gasteiger charge is 2.39. The number of nitrogens with one attached hydrogen (secondary N) is 1. The number of rotatable bonds is 0. The van der Waals surface area contributed by atoms with Crippen molar-refractivity contribution in [3.05, 3.63) is 28.8 Å². The maximum atomic E-state index is 5.99. The van der Waals surface area contributed by atoms with E-state index in [4.69, 9.17) is 5.73 Å². The fourth-order valence-electron chi connectivity index (χ4n) is 3.46.